The molecule has 0 aliphatic carbocycles. The minimum Gasteiger partial charge on any atom is -0.391 e. The number of thiol groups is 1. The first-order chi connectivity index (χ1) is 38.0. The van der Waals surface area contributed by atoms with Gasteiger partial charge in [0.05, 0.1) is 54.3 Å². The van der Waals surface area contributed by atoms with Crippen molar-refractivity contribution in [2.75, 3.05) is 89.9 Å². The Labute approximate surface area is 479 Å². The lowest BCUT2D eigenvalue weighted by molar-refractivity contribution is -0.144. The highest BCUT2D eigenvalue weighted by atomic mass is 32.2. The fourth-order valence-corrected chi connectivity index (χ4v) is 11.9. The summed E-state index contributed by atoms with van der Waals surface area (Å²) in [4.78, 5) is 76.7. The molecule has 438 valence electrons. The number of hydrogen-bond acceptors (Lipinski definition) is 16. The number of halogens is 3. The van der Waals surface area contributed by atoms with E-state index < -0.39 is 67.6 Å². The lowest BCUT2D eigenvalue weighted by Gasteiger charge is -2.35. The third-order valence-electron chi connectivity index (χ3n) is 13.3. The topological polar surface area (TPSA) is 241 Å². The van der Waals surface area contributed by atoms with Gasteiger partial charge in [0, 0.05) is 99.8 Å². The van der Waals surface area contributed by atoms with Gasteiger partial charge in [-0.15, -0.1) is 35.7 Å². The summed E-state index contributed by atoms with van der Waals surface area (Å²) in [5.41, 5.74) is -1.80. The average molecular weight is 1190 g/mol. The molecule has 0 saturated carbocycles. The van der Waals surface area contributed by atoms with Gasteiger partial charge in [-0.05, 0) is 60.2 Å². The molecule has 4 aromatic rings. The maximum absolute atomic E-state index is 14.0. The number of aromatic nitrogens is 1. The van der Waals surface area contributed by atoms with Crippen LogP contribution in [-0.4, -0.2) is 177 Å². The number of rotatable bonds is 27. The van der Waals surface area contributed by atoms with Crippen molar-refractivity contribution in [3.05, 3.63) is 89.6 Å². The van der Waals surface area contributed by atoms with Crippen molar-refractivity contribution in [3.63, 3.8) is 0 Å². The average Bonchev–Trinajstić information content (AvgIpc) is 4.12. The molecular formula is C54H72F3N9O10S4. The number of aliphatic hydroxyl groups excluding tert-OH is 1. The number of hydrogen-bond donors (Lipinski definition) is 7. The number of β-amino-alcohol motifs (C(OH)–C–C–N with tert-alkyl or cyclic N) is 1. The molecule has 2 aliphatic rings. The summed E-state index contributed by atoms with van der Waals surface area (Å²) in [5, 5.41) is 24.9. The fourth-order valence-electron chi connectivity index (χ4n) is 8.88. The van der Waals surface area contributed by atoms with E-state index >= 15 is 0 Å². The van der Waals surface area contributed by atoms with Crippen LogP contribution in [0.2, 0.25) is 0 Å². The maximum Gasteiger partial charge on any atom is 0.501 e. The van der Waals surface area contributed by atoms with E-state index in [-0.39, 0.29) is 94.4 Å². The fraction of sp³-hybridized carbons (Fsp3) is 0.519. The molecule has 80 heavy (non-hydrogen) atoms. The molecule has 4 atom stereocenters. The Kier molecular flexibility index (Phi) is 23.9. The normalized spacial score (nSPS) is 16.9. The van der Waals surface area contributed by atoms with Crippen molar-refractivity contribution >= 4 is 80.9 Å². The van der Waals surface area contributed by atoms with E-state index in [1.807, 2.05) is 61.5 Å². The van der Waals surface area contributed by atoms with Crippen molar-refractivity contribution in [1.82, 2.24) is 41.0 Å². The number of nitrogens with one attached hydrogen (secondary N) is 5. The van der Waals surface area contributed by atoms with E-state index in [1.165, 1.54) is 28.8 Å². The zero-order valence-corrected chi connectivity index (χ0v) is 48.6. The summed E-state index contributed by atoms with van der Waals surface area (Å²) in [6, 6.07) is 18.2. The summed E-state index contributed by atoms with van der Waals surface area (Å²) in [7, 11) is -5.66. The molecule has 0 unspecified atom stereocenters. The van der Waals surface area contributed by atoms with Gasteiger partial charge in [-0.25, -0.2) is 18.2 Å². The Bertz CT molecular complexity index is 2800. The molecule has 3 aromatic carbocycles. The molecular weight excluding hydrogens is 1120 g/mol. The molecule has 6 amide bonds. The number of thioether (sulfide) groups is 1. The molecule has 2 fully saturated rings. The Hall–Kier alpha value is -5.48. The number of benzene rings is 3. The summed E-state index contributed by atoms with van der Waals surface area (Å²) in [6.07, 6.45) is -0.725. The number of anilines is 1. The number of aliphatic hydroxyl groups is 1. The van der Waals surface area contributed by atoms with Crippen molar-refractivity contribution in [3.8, 4) is 10.4 Å². The van der Waals surface area contributed by atoms with E-state index in [4.69, 9.17) is 9.47 Å². The van der Waals surface area contributed by atoms with Crippen LogP contribution in [0.1, 0.15) is 57.7 Å². The molecule has 0 spiro atoms. The molecule has 3 heterocycles. The minimum atomic E-state index is -5.66. The SMILES string of the molecule is Cc1ncsc1-c1ccc(CNC(=O)[C@@H]2C[C@@H](O)CN2C(=O)[C@@H](NC(=O)CCC(=O)NCCOCCOCCNC(=O)N2CCN(CC[C@H](CSc3ccccc3)Nc3ccc(S)cc3S(=O)(=O)C(F)(F)F)CC2)C(C)(C)C)cc1. The summed E-state index contributed by atoms with van der Waals surface area (Å²) < 4.78 is 77.1. The predicted molar refractivity (Wildman–Crippen MR) is 303 cm³/mol. The summed E-state index contributed by atoms with van der Waals surface area (Å²) >= 11 is 7.14. The van der Waals surface area contributed by atoms with Crippen molar-refractivity contribution in [1.29, 1.82) is 0 Å². The standard InChI is InChI=1S/C54H72F3N9O10S4/c1-36-48(79-35-61-36)38-12-10-37(11-13-38)32-60-50(70)44-30-40(67)33-66(44)51(71)49(53(2,3)4)63-47(69)17-16-46(68)58-19-26-75-28-29-76-27-20-59-52(72)65-24-22-64(23-25-65)21-18-39(34-78-42-8-6-5-7-9-42)62-43-15-14-41(77)31-45(43)80(73,74)54(55,56)57/h5-15,31,35,39-40,44,49,62,67,77H,16-30,32-34H2,1-4H3,(H,58,68)(H,59,72)(H,60,70)(H,63,69)/t39-,40-,44+,49-/m1/s1. The Morgan fingerprint density at radius 3 is 2.17 bits per heavy atom. The van der Waals surface area contributed by atoms with E-state index in [1.54, 1.807) is 42.5 Å². The number of thiazole rings is 1. The number of aryl methyl sites for hydroxylation is 1. The lowest BCUT2D eigenvalue weighted by atomic mass is 9.85. The first kappa shape index (κ1) is 63.7. The summed E-state index contributed by atoms with van der Waals surface area (Å²) in [6.45, 7) is 11.3. The van der Waals surface area contributed by atoms with Gasteiger partial charge < -0.3 is 51.0 Å². The van der Waals surface area contributed by atoms with Crippen LogP contribution >= 0.6 is 35.7 Å². The maximum atomic E-state index is 14.0. The molecule has 1 aromatic heterocycles. The van der Waals surface area contributed by atoms with Crippen LogP contribution < -0.4 is 26.6 Å². The van der Waals surface area contributed by atoms with Crippen molar-refractivity contribution in [2.24, 2.45) is 5.41 Å². The Balaban J connectivity index is 0.818. The van der Waals surface area contributed by atoms with Crippen LogP contribution in [0.4, 0.5) is 23.7 Å². The number of urea groups is 1. The highest BCUT2D eigenvalue weighted by Gasteiger charge is 2.48. The smallest absolute Gasteiger partial charge is 0.391 e. The van der Waals surface area contributed by atoms with Gasteiger partial charge in [-0.2, -0.15) is 13.2 Å². The number of nitrogens with zero attached hydrogens (tertiary/aromatic N) is 4. The van der Waals surface area contributed by atoms with Crippen LogP contribution in [0.3, 0.4) is 0 Å². The van der Waals surface area contributed by atoms with Crippen LogP contribution in [0.15, 0.2) is 93.0 Å². The molecule has 6 rings (SSSR count). The first-order valence-electron chi connectivity index (χ1n) is 26.3. The van der Waals surface area contributed by atoms with Crippen LogP contribution in [-0.2, 0) is 45.0 Å². The first-order valence-corrected chi connectivity index (χ1v) is 30.1. The molecule has 2 saturated heterocycles. The van der Waals surface area contributed by atoms with Gasteiger partial charge in [0.1, 0.15) is 17.0 Å². The number of amides is 6. The lowest BCUT2D eigenvalue weighted by Crippen LogP contribution is -2.57. The van der Waals surface area contributed by atoms with Crippen molar-refractivity contribution in [2.45, 2.75) is 104 Å². The largest absolute Gasteiger partial charge is 0.501 e. The quantitative estimate of drug-likeness (QED) is 0.0215. The van der Waals surface area contributed by atoms with E-state index in [0.717, 1.165) is 32.7 Å². The van der Waals surface area contributed by atoms with Gasteiger partial charge in [0.2, 0.25) is 23.6 Å². The zero-order chi connectivity index (χ0) is 58.0. The van der Waals surface area contributed by atoms with Crippen LogP contribution in [0.25, 0.3) is 10.4 Å². The molecule has 0 radical (unpaired) electrons. The van der Waals surface area contributed by atoms with Gasteiger partial charge in [0.25, 0.3) is 9.84 Å². The van der Waals surface area contributed by atoms with E-state index in [2.05, 4.69) is 49.1 Å². The van der Waals surface area contributed by atoms with Gasteiger partial charge in [0.15, 0.2) is 0 Å². The monoisotopic (exact) mass is 1190 g/mol. The second-order valence-corrected chi connectivity index (χ2v) is 24.8. The summed E-state index contributed by atoms with van der Waals surface area (Å²) in [5.74, 6) is -1.39. The van der Waals surface area contributed by atoms with Crippen LogP contribution in [0, 0.1) is 12.3 Å². The van der Waals surface area contributed by atoms with Gasteiger partial charge in [-0.1, -0.05) is 63.2 Å². The van der Waals surface area contributed by atoms with Gasteiger partial charge in [-0.3, -0.25) is 24.1 Å². The Morgan fingerprint density at radius 1 is 0.875 bits per heavy atom. The van der Waals surface area contributed by atoms with E-state index in [9.17, 15) is 50.7 Å². The zero-order valence-electron chi connectivity index (χ0n) is 45.3. The number of carbonyl (C=O) groups excluding carboxylic acids is 5. The third kappa shape index (κ3) is 19.1. The number of sulfone groups is 1. The molecule has 6 N–H and O–H groups in total. The number of likely N-dealkylation sites (tertiary alicyclic amines) is 1. The number of ether oxygens (including phenoxy) is 2. The third-order valence-corrected chi connectivity index (χ3v) is 17.3. The molecule has 26 heteroatoms. The number of piperazine rings is 1. The predicted octanol–water partition coefficient (Wildman–Crippen LogP) is 5.73. The number of carbonyl (C=O) groups is 5. The molecule has 19 nitrogen and oxygen atoms in total. The minimum absolute atomic E-state index is 0.0505. The molecule has 0 bridgehead atoms. The highest BCUT2D eigenvalue weighted by Crippen LogP contribution is 2.37. The second kappa shape index (κ2) is 30.0. The second-order valence-electron chi connectivity index (χ2n) is 20.5. The van der Waals surface area contributed by atoms with E-state index in [0.29, 0.717) is 44.9 Å². The van der Waals surface area contributed by atoms with Crippen molar-refractivity contribution < 1.29 is 60.1 Å². The Morgan fingerprint density at radius 2 is 1.54 bits per heavy atom. The van der Waals surface area contributed by atoms with Gasteiger partial charge >= 0.3 is 11.5 Å². The number of alkyl halides is 3. The molecule has 2 aliphatic heterocycles. The highest BCUT2D eigenvalue weighted by molar-refractivity contribution is 7.99. The van der Waals surface area contributed by atoms with Crippen LogP contribution in [0.5, 0.6) is 0 Å².